The Kier molecular flexibility index (Phi) is 4.55. The molecular weight excluding hydrogens is 388 g/mol. The van der Waals surface area contributed by atoms with E-state index in [9.17, 15) is 4.79 Å². The molecule has 7 heteroatoms. The molecule has 5 aromatic rings. The zero-order valence-corrected chi connectivity index (χ0v) is 17.1. The zero-order chi connectivity index (χ0) is 21.4. The number of amides is 1. The third kappa shape index (κ3) is 3.26. The van der Waals surface area contributed by atoms with Crippen molar-refractivity contribution in [3.8, 4) is 17.1 Å². The fourth-order valence-corrected chi connectivity index (χ4v) is 3.64. The number of hydrogen-bond acceptors (Lipinski definition) is 4. The highest BCUT2D eigenvalue weighted by Gasteiger charge is 2.21. The summed E-state index contributed by atoms with van der Waals surface area (Å²) in [5, 5.41) is 7.43. The van der Waals surface area contributed by atoms with Gasteiger partial charge < -0.3 is 5.32 Å². The lowest BCUT2D eigenvalue weighted by Gasteiger charge is -2.08. The van der Waals surface area contributed by atoms with E-state index < -0.39 is 0 Å². The van der Waals surface area contributed by atoms with Crippen LogP contribution in [0.2, 0.25) is 0 Å². The van der Waals surface area contributed by atoms with Crippen LogP contribution in [0.3, 0.4) is 0 Å². The summed E-state index contributed by atoms with van der Waals surface area (Å²) in [5.74, 6) is 1.04. The number of pyridine rings is 2. The molecule has 5 rings (SSSR count). The van der Waals surface area contributed by atoms with Gasteiger partial charge in [0.15, 0.2) is 5.82 Å². The largest absolute Gasteiger partial charge is 0.306 e. The maximum absolute atomic E-state index is 13.3. The Hall–Kier alpha value is -4.26. The fourth-order valence-electron chi connectivity index (χ4n) is 3.64. The van der Waals surface area contributed by atoms with E-state index in [4.69, 9.17) is 4.98 Å². The number of hydrogen-bond donors (Lipinski definition) is 1. The van der Waals surface area contributed by atoms with Crippen LogP contribution in [0.25, 0.3) is 22.7 Å². The molecule has 1 N–H and O–H groups in total. The topological polar surface area (TPSA) is 77.1 Å². The molecule has 4 heterocycles. The van der Waals surface area contributed by atoms with E-state index in [1.54, 1.807) is 17.1 Å². The van der Waals surface area contributed by atoms with Gasteiger partial charge in [-0.1, -0.05) is 42.5 Å². The molecular formula is C24H20N6O. The highest BCUT2D eigenvalue weighted by molar-refractivity contribution is 6.06. The molecule has 0 saturated carbocycles. The minimum atomic E-state index is -0.250. The molecule has 0 aliphatic carbocycles. The lowest BCUT2D eigenvalue weighted by molar-refractivity contribution is 0.102. The Morgan fingerprint density at radius 1 is 0.968 bits per heavy atom. The summed E-state index contributed by atoms with van der Waals surface area (Å²) >= 11 is 0. The van der Waals surface area contributed by atoms with Crippen LogP contribution < -0.4 is 5.32 Å². The predicted molar refractivity (Wildman–Crippen MR) is 119 cm³/mol. The average Bonchev–Trinajstić information content (AvgIpc) is 3.37. The average molecular weight is 408 g/mol. The number of carbonyl (C=O) groups is 1. The molecule has 0 atom stereocenters. The molecule has 0 unspecified atom stereocenters. The van der Waals surface area contributed by atoms with Crippen molar-refractivity contribution < 1.29 is 4.79 Å². The summed E-state index contributed by atoms with van der Waals surface area (Å²) in [4.78, 5) is 22.4. The van der Waals surface area contributed by atoms with Crippen LogP contribution in [0.5, 0.6) is 0 Å². The zero-order valence-electron chi connectivity index (χ0n) is 17.1. The van der Waals surface area contributed by atoms with Crippen LogP contribution in [0.1, 0.15) is 21.6 Å². The minimum absolute atomic E-state index is 0.250. The lowest BCUT2D eigenvalue weighted by Crippen LogP contribution is -2.15. The number of aryl methyl sites for hydroxylation is 1. The smallest absolute Gasteiger partial charge is 0.260 e. The third-order valence-corrected chi connectivity index (χ3v) is 5.25. The molecule has 0 aliphatic rings. The normalized spacial score (nSPS) is 11.0. The molecule has 0 spiro atoms. The summed E-state index contributed by atoms with van der Waals surface area (Å²) in [6.07, 6.45) is 5.17. The molecule has 152 valence electrons. The highest BCUT2D eigenvalue weighted by atomic mass is 16.1. The number of anilines is 1. The van der Waals surface area contributed by atoms with E-state index in [1.165, 1.54) is 0 Å². The van der Waals surface area contributed by atoms with Crippen LogP contribution >= 0.6 is 0 Å². The van der Waals surface area contributed by atoms with Gasteiger partial charge in [-0.05, 0) is 37.6 Å². The minimum Gasteiger partial charge on any atom is -0.306 e. The van der Waals surface area contributed by atoms with E-state index in [2.05, 4.69) is 15.4 Å². The van der Waals surface area contributed by atoms with Crippen molar-refractivity contribution in [1.82, 2.24) is 24.1 Å². The molecule has 0 fully saturated rings. The van der Waals surface area contributed by atoms with Gasteiger partial charge in [-0.2, -0.15) is 5.10 Å². The third-order valence-electron chi connectivity index (χ3n) is 5.25. The molecule has 0 bridgehead atoms. The summed E-state index contributed by atoms with van der Waals surface area (Å²) in [7, 11) is 0. The SMILES string of the molecule is Cc1cccn2c(NC(=O)c3cnn(-c4ccccn4)c3C)c(-c3ccccc3)nc12. The Morgan fingerprint density at radius 2 is 1.77 bits per heavy atom. The van der Waals surface area contributed by atoms with Gasteiger partial charge in [0.2, 0.25) is 0 Å². The Balaban J connectivity index is 1.58. The van der Waals surface area contributed by atoms with E-state index in [-0.39, 0.29) is 5.91 Å². The summed E-state index contributed by atoms with van der Waals surface area (Å²) in [6, 6.07) is 19.4. The second-order valence-electron chi connectivity index (χ2n) is 7.26. The molecule has 0 aliphatic heterocycles. The maximum atomic E-state index is 13.3. The van der Waals surface area contributed by atoms with E-state index in [1.807, 2.05) is 85.1 Å². The van der Waals surface area contributed by atoms with Crippen molar-refractivity contribution in [2.24, 2.45) is 0 Å². The fraction of sp³-hybridized carbons (Fsp3) is 0.0833. The molecule has 1 amide bonds. The Bertz CT molecular complexity index is 1390. The second kappa shape index (κ2) is 7.53. The van der Waals surface area contributed by atoms with Gasteiger partial charge in [0.05, 0.1) is 17.5 Å². The second-order valence-corrected chi connectivity index (χ2v) is 7.26. The first-order chi connectivity index (χ1) is 15.1. The quantitative estimate of drug-likeness (QED) is 0.477. The number of fused-ring (bicyclic) bond motifs is 1. The number of rotatable bonds is 4. The van der Waals surface area contributed by atoms with Crippen molar-refractivity contribution in [1.29, 1.82) is 0 Å². The van der Waals surface area contributed by atoms with Crippen LogP contribution in [-0.4, -0.2) is 30.1 Å². The van der Waals surface area contributed by atoms with E-state index in [0.717, 1.165) is 22.5 Å². The van der Waals surface area contributed by atoms with Crippen molar-refractivity contribution in [3.05, 3.63) is 96.1 Å². The van der Waals surface area contributed by atoms with Crippen molar-refractivity contribution >= 4 is 17.4 Å². The monoisotopic (exact) mass is 408 g/mol. The van der Waals surface area contributed by atoms with Gasteiger partial charge in [0.1, 0.15) is 17.2 Å². The lowest BCUT2D eigenvalue weighted by atomic mass is 10.1. The standard InChI is InChI=1S/C24H20N6O/c1-16-9-8-14-29-22(16)27-21(18-10-4-3-5-11-18)23(29)28-24(31)19-15-26-30(17(19)2)20-12-6-7-13-25-20/h3-15H,1-2H3,(H,28,31). The number of aromatic nitrogens is 5. The predicted octanol–water partition coefficient (Wildman–Crippen LogP) is 4.45. The summed E-state index contributed by atoms with van der Waals surface area (Å²) in [5.41, 5.74) is 4.67. The van der Waals surface area contributed by atoms with Gasteiger partial charge in [0, 0.05) is 18.0 Å². The summed E-state index contributed by atoms with van der Waals surface area (Å²) in [6.45, 7) is 3.86. The number of benzene rings is 1. The van der Waals surface area contributed by atoms with Crippen molar-refractivity contribution in [2.75, 3.05) is 5.32 Å². The Morgan fingerprint density at radius 3 is 2.55 bits per heavy atom. The maximum Gasteiger partial charge on any atom is 0.260 e. The van der Waals surface area contributed by atoms with Gasteiger partial charge in [-0.3, -0.25) is 9.20 Å². The molecule has 0 saturated heterocycles. The number of nitrogens with zero attached hydrogens (tertiary/aromatic N) is 5. The van der Waals surface area contributed by atoms with Crippen LogP contribution in [0.15, 0.2) is 79.3 Å². The van der Waals surface area contributed by atoms with E-state index >= 15 is 0 Å². The molecule has 1 aromatic carbocycles. The van der Waals surface area contributed by atoms with Gasteiger partial charge in [-0.25, -0.2) is 14.6 Å². The Labute approximate surface area is 179 Å². The highest BCUT2D eigenvalue weighted by Crippen LogP contribution is 2.30. The number of carbonyl (C=O) groups excluding carboxylic acids is 1. The van der Waals surface area contributed by atoms with Crippen LogP contribution in [0, 0.1) is 13.8 Å². The summed E-state index contributed by atoms with van der Waals surface area (Å²) < 4.78 is 3.57. The number of nitrogens with one attached hydrogen (secondary N) is 1. The van der Waals surface area contributed by atoms with Crippen molar-refractivity contribution in [3.63, 3.8) is 0 Å². The molecule has 0 radical (unpaired) electrons. The van der Waals surface area contributed by atoms with E-state index in [0.29, 0.717) is 22.9 Å². The van der Waals surface area contributed by atoms with Gasteiger partial charge in [0.25, 0.3) is 5.91 Å². The molecule has 7 nitrogen and oxygen atoms in total. The molecule has 4 aromatic heterocycles. The first-order valence-corrected chi connectivity index (χ1v) is 9.94. The van der Waals surface area contributed by atoms with Gasteiger partial charge >= 0.3 is 0 Å². The van der Waals surface area contributed by atoms with Crippen LogP contribution in [0.4, 0.5) is 5.82 Å². The molecule has 31 heavy (non-hydrogen) atoms. The van der Waals surface area contributed by atoms with Gasteiger partial charge in [-0.15, -0.1) is 0 Å². The first-order valence-electron chi connectivity index (χ1n) is 9.94. The van der Waals surface area contributed by atoms with Crippen molar-refractivity contribution in [2.45, 2.75) is 13.8 Å². The first kappa shape index (κ1) is 18.7. The van der Waals surface area contributed by atoms with Crippen LogP contribution in [-0.2, 0) is 0 Å². The number of imidazole rings is 1.